The first-order valence-corrected chi connectivity index (χ1v) is 6.41. The lowest BCUT2D eigenvalue weighted by Gasteiger charge is -2.11. The molecule has 1 unspecified atom stereocenters. The van der Waals surface area contributed by atoms with Crippen LogP contribution in [0.4, 0.5) is 11.4 Å². The molecule has 0 aliphatic heterocycles. The van der Waals surface area contributed by atoms with Crippen LogP contribution >= 0.6 is 0 Å². The van der Waals surface area contributed by atoms with Gasteiger partial charge in [-0.15, -0.1) is 0 Å². The van der Waals surface area contributed by atoms with Crippen LogP contribution < -0.4 is 5.73 Å². The second kappa shape index (κ2) is 4.09. The SMILES string of the molecule is CC(c1cc([N+](=O)[O-])ccc1N)S(C)(=O)=O. The van der Waals surface area contributed by atoms with Gasteiger partial charge < -0.3 is 5.73 Å². The van der Waals surface area contributed by atoms with Gasteiger partial charge in [-0.2, -0.15) is 0 Å². The lowest BCUT2D eigenvalue weighted by molar-refractivity contribution is -0.384. The number of nitro groups is 1. The van der Waals surface area contributed by atoms with Gasteiger partial charge in [-0.05, 0) is 18.6 Å². The fourth-order valence-electron chi connectivity index (χ4n) is 1.26. The van der Waals surface area contributed by atoms with Gasteiger partial charge in [0.25, 0.3) is 5.69 Å². The van der Waals surface area contributed by atoms with Crippen LogP contribution in [0.25, 0.3) is 0 Å². The first-order chi connectivity index (χ1) is 7.23. The molecule has 16 heavy (non-hydrogen) atoms. The number of nitrogen functional groups attached to an aromatic ring is 1. The third-order valence-corrected chi connectivity index (χ3v) is 3.90. The Balaban J connectivity index is 3.33. The van der Waals surface area contributed by atoms with Crippen LogP contribution in [0.2, 0.25) is 0 Å². The second-order valence-corrected chi connectivity index (χ2v) is 5.91. The number of sulfone groups is 1. The first-order valence-electron chi connectivity index (χ1n) is 4.46. The zero-order valence-electron chi connectivity index (χ0n) is 8.88. The van der Waals surface area contributed by atoms with E-state index >= 15 is 0 Å². The molecular formula is C9H12N2O4S. The molecule has 0 fully saturated rings. The van der Waals surface area contributed by atoms with Crippen LogP contribution in [0.1, 0.15) is 17.7 Å². The molecule has 0 spiro atoms. The number of nitrogens with two attached hydrogens (primary N) is 1. The number of benzene rings is 1. The van der Waals surface area contributed by atoms with Crippen molar-refractivity contribution in [1.82, 2.24) is 0 Å². The smallest absolute Gasteiger partial charge is 0.269 e. The quantitative estimate of drug-likeness (QED) is 0.490. The van der Waals surface area contributed by atoms with Gasteiger partial charge in [0.15, 0.2) is 9.84 Å². The molecule has 1 rings (SSSR count). The van der Waals surface area contributed by atoms with Crippen molar-refractivity contribution in [2.75, 3.05) is 12.0 Å². The molecule has 2 N–H and O–H groups in total. The molecule has 0 bridgehead atoms. The maximum Gasteiger partial charge on any atom is 0.269 e. The van der Waals surface area contributed by atoms with Gasteiger partial charge in [0.05, 0.1) is 10.2 Å². The maximum absolute atomic E-state index is 11.3. The Kier molecular flexibility index (Phi) is 3.18. The molecule has 0 aliphatic carbocycles. The average Bonchev–Trinajstić information content (AvgIpc) is 2.15. The van der Waals surface area contributed by atoms with Gasteiger partial charge in [-0.1, -0.05) is 0 Å². The van der Waals surface area contributed by atoms with Gasteiger partial charge in [0.1, 0.15) is 0 Å². The lowest BCUT2D eigenvalue weighted by Crippen LogP contribution is -2.10. The third-order valence-electron chi connectivity index (χ3n) is 2.36. The van der Waals surface area contributed by atoms with E-state index < -0.39 is 20.0 Å². The summed E-state index contributed by atoms with van der Waals surface area (Å²) < 4.78 is 22.7. The number of rotatable bonds is 3. The number of nitro benzene ring substituents is 1. The number of non-ortho nitro benzene ring substituents is 1. The zero-order valence-corrected chi connectivity index (χ0v) is 9.69. The highest BCUT2D eigenvalue weighted by atomic mass is 32.2. The van der Waals surface area contributed by atoms with Crippen LogP contribution in [-0.2, 0) is 9.84 Å². The molecule has 7 heteroatoms. The van der Waals surface area contributed by atoms with Crippen molar-refractivity contribution in [3.05, 3.63) is 33.9 Å². The zero-order chi connectivity index (χ0) is 12.5. The molecule has 88 valence electrons. The Morgan fingerprint density at radius 3 is 2.44 bits per heavy atom. The fourth-order valence-corrected chi connectivity index (χ4v) is 1.92. The van der Waals surface area contributed by atoms with E-state index in [1.165, 1.54) is 25.1 Å². The standard InChI is InChI=1S/C9H12N2O4S/c1-6(16(2,14)15)8-5-7(11(12)13)3-4-9(8)10/h3-6H,10H2,1-2H3. The van der Waals surface area contributed by atoms with Crippen LogP contribution in [-0.4, -0.2) is 19.6 Å². The monoisotopic (exact) mass is 244 g/mol. The molecule has 0 aliphatic rings. The summed E-state index contributed by atoms with van der Waals surface area (Å²) in [5, 5.41) is 9.70. The summed E-state index contributed by atoms with van der Waals surface area (Å²) in [6.45, 7) is 1.45. The van der Waals surface area contributed by atoms with Gasteiger partial charge in [-0.25, -0.2) is 8.42 Å². The summed E-state index contributed by atoms with van der Waals surface area (Å²) in [6.07, 6.45) is 1.07. The molecule has 1 atom stereocenters. The molecule has 1 aromatic carbocycles. The van der Waals surface area contributed by atoms with E-state index in [0.29, 0.717) is 0 Å². The van der Waals surface area contributed by atoms with E-state index in [4.69, 9.17) is 5.73 Å². The summed E-state index contributed by atoms with van der Waals surface area (Å²) in [5.74, 6) is 0. The second-order valence-electron chi connectivity index (χ2n) is 3.54. The Morgan fingerprint density at radius 1 is 1.44 bits per heavy atom. The van der Waals surface area contributed by atoms with Crippen molar-refractivity contribution in [2.45, 2.75) is 12.2 Å². The van der Waals surface area contributed by atoms with E-state index in [-0.39, 0.29) is 16.9 Å². The minimum atomic E-state index is -3.32. The number of hydrogen-bond donors (Lipinski definition) is 1. The minimum Gasteiger partial charge on any atom is -0.398 e. The van der Waals surface area contributed by atoms with Crippen LogP contribution in [0, 0.1) is 10.1 Å². The topological polar surface area (TPSA) is 103 Å². The highest BCUT2D eigenvalue weighted by Gasteiger charge is 2.21. The van der Waals surface area contributed by atoms with E-state index in [0.717, 1.165) is 6.26 Å². The van der Waals surface area contributed by atoms with Crippen molar-refractivity contribution < 1.29 is 13.3 Å². The van der Waals surface area contributed by atoms with E-state index in [2.05, 4.69) is 0 Å². The van der Waals surface area contributed by atoms with Gasteiger partial charge >= 0.3 is 0 Å². The normalized spacial score (nSPS) is 13.4. The molecule has 0 radical (unpaired) electrons. The van der Waals surface area contributed by atoms with Gasteiger partial charge in [-0.3, -0.25) is 10.1 Å². The van der Waals surface area contributed by atoms with Crippen LogP contribution in [0.5, 0.6) is 0 Å². The predicted octanol–water partition coefficient (Wildman–Crippen LogP) is 1.28. The molecule has 0 heterocycles. The Bertz CT molecular complexity index is 524. The van der Waals surface area contributed by atoms with Crippen molar-refractivity contribution in [3.8, 4) is 0 Å². The maximum atomic E-state index is 11.3. The lowest BCUT2D eigenvalue weighted by atomic mass is 10.1. The summed E-state index contributed by atoms with van der Waals surface area (Å²) in [4.78, 5) is 9.97. The Morgan fingerprint density at radius 2 is 2.00 bits per heavy atom. The number of nitrogens with zero attached hydrogens (tertiary/aromatic N) is 1. The van der Waals surface area contributed by atoms with E-state index in [1.807, 2.05) is 0 Å². The Labute approximate surface area is 93.1 Å². The van der Waals surface area contributed by atoms with Crippen molar-refractivity contribution in [2.24, 2.45) is 0 Å². The van der Waals surface area contributed by atoms with Crippen molar-refractivity contribution >= 4 is 21.2 Å². The highest BCUT2D eigenvalue weighted by Crippen LogP contribution is 2.29. The molecular weight excluding hydrogens is 232 g/mol. The van der Waals surface area contributed by atoms with Crippen molar-refractivity contribution in [1.29, 1.82) is 0 Å². The third kappa shape index (κ3) is 2.48. The van der Waals surface area contributed by atoms with Gasteiger partial charge in [0, 0.05) is 24.1 Å². The first kappa shape index (κ1) is 12.4. The molecule has 1 aromatic rings. The largest absolute Gasteiger partial charge is 0.398 e. The number of anilines is 1. The fraction of sp³-hybridized carbons (Fsp3) is 0.333. The highest BCUT2D eigenvalue weighted by molar-refractivity contribution is 7.90. The predicted molar refractivity (Wildman–Crippen MR) is 60.8 cm³/mol. The molecule has 0 aromatic heterocycles. The summed E-state index contributed by atoms with van der Waals surface area (Å²) >= 11 is 0. The number of hydrogen-bond acceptors (Lipinski definition) is 5. The molecule has 6 nitrogen and oxygen atoms in total. The molecule has 0 saturated heterocycles. The van der Waals surface area contributed by atoms with Crippen molar-refractivity contribution in [3.63, 3.8) is 0 Å². The van der Waals surface area contributed by atoms with E-state index in [9.17, 15) is 18.5 Å². The van der Waals surface area contributed by atoms with Gasteiger partial charge in [0.2, 0.25) is 0 Å². The summed E-state index contributed by atoms with van der Waals surface area (Å²) in [5.41, 5.74) is 5.93. The summed E-state index contributed by atoms with van der Waals surface area (Å²) in [7, 11) is -3.32. The van der Waals surface area contributed by atoms with Crippen LogP contribution in [0.15, 0.2) is 18.2 Å². The summed E-state index contributed by atoms with van der Waals surface area (Å²) in [6, 6.07) is 3.78. The molecule has 0 saturated carbocycles. The average molecular weight is 244 g/mol. The molecule has 0 amide bonds. The Hall–Kier alpha value is -1.63. The minimum absolute atomic E-state index is 0.167. The van der Waals surface area contributed by atoms with Crippen LogP contribution in [0.3, 0.4) is 0 Å². The van der Waals surface area contributed by atoms with E-state index in [1.54, 1.807) is 0 Å².